The van der Waals surface area contributed by atoms with Gasteiger partial charge in [-0.25, -0.2) is 0 Å². The molecule has 1 aromatic heterocycles. The fourth-order valence-electron chi connectivity index (χ4n) is 3.27. The van der Waals surface area contributed by atoms with Crippen LogP contribution < -0.4 is 5.19 Å². The average Bonchev–Trinajstić information content (AvgIpc) is 2.56. The number of nitrogens with zero attached hydrogens (tertiary/aromatic N) is 1. The molecule has 3 rings (SSSR count). The summed E-state index contributed by atoms with van der Waals surface area (Å²) >= 11 is 0. The van der Waals surface area contributed by atoms with Gasteiger partial charge in [0.1, 0.15) is 0 Å². The number of hydrogen-bond acceptors (Lipinski definition) is 1. The van der Waals surface area contributed by atoms with Crippen molar-refractivity contribution in [3.05, 3.63) is 71.9 Å². The van der Waals surface area contributed by atoms with Gasteiger partial charge in [0, 0.05) is 17.3 Å². The lowest BCUT2D eigenvalue weighted by Crippen LogP contribution is -2.39. The molecule has 122 valence electrons. The third-order valence-electron chi connectivity index (χ3n) is 4.52. The van der Waals surface area contributed by atoms with Crippen LogP contribution in [0, 0.1) is 13.8 Å². The summed E-state index contributed by atoms with van der Waals surface area (Å²) in [6.45, 7) is 11.7. The van der Waals surface area contributed by atoms with E-state index in [-0.39, 0.29) is 0 Å². The summed E-state index contributed by atoms with van der Waals surface area (Å²) in [7, 11) is -1.30. The Balaban J connectivity index is 2.00. The van der Waals surface area contributed by atoms with Crippen molar-refractivity contribution >= 4 is 13.3 Å². The standard InChI is InChI=1S/C22H25NSi/c1-16-14-22(24(3,4)5)17(2)13-20(16)19-11-12-21(23-15-19)18-9-7-6-8-10-18/h6-15H,1-5H3. The SMILES string of the molecule is Cc1cc([Si](C)(C)C)c(C)cc1-c1ccc(-c2ccccc2)nc1. The largest absolute Gasteiger partial charge is 0.256 e. The molecule has 0 atom stereocenters. The minimum Gasteiger partial charge on any atom is -0.256 e. The summed E-state index contributed by atoms with van der Waals surface area (Å²) < 4.78 is 0. The molecule has 0 saturated carbocycles. The first-order valence-corrected chi connectivity index (χ1v) is 12.0. The summed E-state index contributed by atoms with van der Waals surface area (Å²) in [5.41, 5.74) is 7.41. The van der Waals surface area contributed by atoms with E-state index < -0.39 is 8.07 Å². The van der Waals surface area contributed by atoms with Crippen molar-refractivity contribution in [3.8, 4) is 22.4 Å². The van der Waals surface area contributed by atoms with Gasteiger partial charge in [-0.15, -0.1) is 0 Å². The van der Waals surface area contributed by atoms with Gasteiger partial charge in [0.2, 0.25) is 0 Å². The zero-order valence-electron chi connectivity index (χ0n) is 15.2. The quantitative estimate of drug-likeness (QED) is 0.571. The van der Waals surface area contributed by atoms with Gasteiger partial charge in [-0.1, -0.05) is 78.9 Å². The number of hydrogen-bond donors (Lipinski definition) is 0. The maximum absolute atomic E-state index is 4.68. The van der Waals surface area contributed by atoms with Crippen molar-refractivity contribution in [1.82, 2.24) is 4.98 Å². The van der Waals surface area contributed by atoms with Crippen molar-refractivity contribution < 1.29 is 0 Å². The first-order chi connectivity index (χ1) is 11.4. The van der Waals surface area contributed by atoms with Crippen LogP contribution >= 0.6 is 0 Å². The third-order valence-corrected chi connectivity index (χ3v) is 6.68. The van der Waals surface area contributed by atoms with Gasteiger partial charge < -0.3 is 0 Å². The molecular formula is C22H25NSi. The molecule has 1 heterocycles. The fraction of sp³-hybridized carbons (Fsp3) is 0.227. The van der Waals surface area contributed by atoms with Crippen LogP contribution in [-0.2, 0) is 0 Å². The molecular weight excluding hydrogens is 306 g/mol. The highest BCUT2D eigenvalue weighted by Crippen LogP contribution is 2.26. The maximum atomic E-state index is 4.68. The van der Waals surface area contributed by atoms with Crippen LogP contribution in [0.4, 0.5) is 0 Å². The first kappa shape index (κ1) is 16.7. The van der Waals surface area contributed by atoms with E-state index in [1.807, 2.05) is 24.4 Å². The van der Waals surface area contributed by atoms with Crippen molar-refractivity contribution in [2.75, 3.05) is 0 Å². The Labute approximate surface area is 146 Å². The van der Waals surface area contributed by atoms with Crippen molar-refractivity contribution in [2.24, 2.45) is 0 Å². The molecule has 0 radical (unpaired) electrons. The molecule has 3 aromatic rings. The molecule has 0 aliphatic rings. The van der Waals surface area contributed by atoms with Gasteiger partial charge in [-0.3, -0.25) is 4.98 Å². The average molecular weight is 332 g/mol. The molecule has 1 nitrogen and oxygen atoms in total. The summed E-state index contributed by atoms with van der Waals surface area (Å²) in [5, 5.41) is 1.55. The summed E-state index contributed by atoms with van der Waals surface area (Å²) in [5.74, 6) is 0. The monoisotopic (exact) mass is 331 g/mol. The van der Waals surface area contributed by atoms with Crippen molar-refractivity contribution in [1.29, 1.82) is 0 Å². The van der Waals surface area contributed by atoms with E-state index in [2.05, 4.69) is 74.9 Å². The molecule has 2 aromatic carbocycles. The highest BCUT2D eigenvalue weighted by atomic mass is 28.3. The Morgan fingerprint density at radius 3 is 2.04 bits per heavy atom. The summed E-state index contributed by atoms with van der Waals surface area (Å²) in [6, 6.07) is 19.4. The van der Waals surface area contributed by atoms with Crippen LogP contribution in [-0.4, -0.2) is 13.1 Å². The second kappa shape index (κ2) is 6.37. The predicted molar refractivity (Wildman–Crippen MR) is 108 cm³/mol. The van der Waals surface area contributed by atoms with E-state index in [0.717, 1.165) is 11.3 Å². The Morgan fingerprint density at radius 1 is 0.750 bits per heavy atom. The predicted octanol–water partition coefficient (Wildman–Crippen LogP) is 5.58. The molecule has 0 saturated heterocycles. The minimum atomic E-state index is -1.30. The normalized spacial score (nSPS) is 11.5. The lowest BCUT2D eigenvalue weighted by Gasteiger charge is -2.22. The van der Waals surface area contributed by atoms with Gasteiger partial charge in [0.15, 0.2) is 0 Å². The zero-order chi connectivity index (χ0) is 17.3. The fourth-order valence-corrected chi connectivity index (χ4v) is 5.17. The summed E-state index contributed by atoms with van der Waals surface area (Å²) in [6.07, 6.45) is 2.00. The molecule has 0 fully saturated rings. The highest BCUT2D eigenvalue weighted by molar-refractivity contribution is 6.89. The third kappa shape index (κ3) is 3.34. The van der Waals surface area contributed by atoms with E-state index in [4.69, 9.17) is 0 Å². The molecule has 0 amide bonds. The van der Waals surface area contributed by atoms with E-state index in [9.17, 15) is 0 Å². The Bertz CT molecular complexity index is 844. The molecule has 0 aliphatic carbocycles. The van der Waals surface area contributed by atoms with E-state index >= 15 is 0 Å². The van der Waals surface area contributed by atoms with Crippen molar-refractivity contribution in [2.45, 2.75) is 33.5 Å². The highest BCUT2D eigenvalue weighted by Gasteiger charge is 2.20. The van der Waals surface area contributed by atoms with Crippen LogP contribution in [0.3, 0.4) is 0 Å². The number of aromatic nitrogens is 1. The van der Waals surface area contributed by atoms with Gasteiger partial charge in [-0.2, -0.15) is 0 Å². The lowest BCUT2D eigenvalue weighted by molar-refractivity contribution is 1.31. The van der Waals surface area contributed by atoms with Crippen LogP contribution in [0.15, 0.2) is 60.8 Å². The maximum Gasteiger partial charge on any atom is 0.0779 e. The Kier molecular flexibility index (Phi) is 4.42. The summed E-state index contributed by atoms with van der Waals surface area (Å²) in [4.78, 5) is 4.68. The number of benzene rings is 2. The first-order valence-electron chi connectivity index (χ1n) is 8.50. The number of aryl methyl sites for hydroxylation is 2. The number of rotatable bonds is 3. The molecule has 2 heteroatoms. The second-order valence-corrected chi connectivity index (χ2v) is 12.6. The van der Waals surface area contributed by atoms with E-state index in [0.29, 0.717) is 0 Å². The van der Waals surface area contributed by atoms with Gasteiger partial charge in [0.05, 0.1) is 13.8 Å². The van der Waals surface area contributed by atoms with E-state index in [1.165, 1.54) is 22.3 Å². The van der Waals surface area contributed by atoms with Gasteiger partial charge >= 0.3 is 0 Å². The Morgan fingerprint density at radius 2 is 1.46 bits per heavy atom. The molecule has 0 unspecified atom stereocenters. The topological polar surface area (TPSA) is 12.9 Å². The molecule has 0 bridgehead atoms. The molecule has 0 spiro atoms. The molecule has 0 aliphatic heterocycles. The van der Waals surface area contributed by atoms with Crippen LogP contribution in [0.25, 0.3) is 22.4 Å². The van der Waals surface area contributed by atoms with Crippen molar-refractivity contribution in [3.63, 3.8) is 0 Å². The smallest absolute Gasteiger partial charge is 0.0779 e. The second-order valence-electron chi connectivity index (χ2n) is 7.53. The van der Waals surface area contributed by atoms with Gasteiger partial charge in [-0.05, 0) is 31.0 Å². The van der Waals surface area contributed by atoms with Crippen LogP contribution in [0.2, 0.25) is 19.6 Å². The lowest BCUT2D eigenvalue weighted by atomic mass is 9.99. The number of pyridine rings is 1. The zero-order valence-corrected chi connectivity index (χ0v) is 16.2. The van der Waals surface area contributed by atoms with Crippen LogP contribution in [0.1, 0.15) is 11.1 Å². The Hall–Kier alpha value is -2.19. The molecule has 24 heavy (non-hydrogen) atoms. The van der Waals surface area contributed by atoms with E-state index in [1.54, 1.807) is 5.19 Å². The van der Waals surface area contributed by atoms with Crippen LogP contribution in [0.5, 0.6) is 0 Å². The minimum absolute atomic E-state index is 1.02. The molecule has 0 N–H and O–H groups in total. The van der Waals surface area contributed by atoms with Gasteiger partial charge in [0.25, 0.3) is 0 Å².